The minimum Gasteiger partial charge on any atom is -0.382 e. The molecule has 1 aromatic rings. The normalized spacial score (nSPS) is 22.7. The number of fused-ring (bicyclic) bond motifs is 4. The Morgan fingerprint density at radius 3 is 2.67 bits per heavy atom. The topological polar surface area (TPSA) is 131 Å². The standard InChI is InChI=1S/C24H34N4O5/c1-15(2)13-18(22(30)24(32)27-33)23(31)26-20-9-5-6-12-25-21(29)11-10-16-14-28(20)19-8-4-3-7-17(16)19/h3-4,7-8,14-16,18,20,22,30H,5-6,9-13H2,1-2H3,(H3-,25,26,27,29,31,32,33)/p+1/t16?,18-,20?,22+/m1/s1. The van der Waals surface area contributed by atoms with Gasteiger partial charge in [0, 0.05) is 31.0 Å². The molecule has 0 aliphatic carbocycles. The average molecular weight is 460 g/mol. The van der Waals surface area contributed by atoms with Gasteiger partial charge in [0.2, 0.25) is 23.7 Å². The van der Waals surface area contributed by atoms with Crippen LogP contribution in [-0.4, -0.2) is 57.6 Å². The van der Waals surface area contributed by atoms with Gasteiger partial charge in [0.15, 0.2) is 6.21 Å². The Kier molecular flexibility index (Phi) is 8.57. The van der Waals surface area contributed by atoms with Crippen LogP contribution in [0.15, 0.2) is 24.3 Å². The summed E-state index contributed by atoms with van der Waals surface area (Å²) in [6.07, 6.45) is 3.64. The molecule has 2 heterocycles. The molecule has 4 atom stereocenters. The Hall–Kier alpha value is -2.78. The highest BCUT2D eigenvalue weighted by Crippen LogP contribution is 2.36. The van der Waals surface area contributed by atoms with Crippen LogP contribution in [-0.2, 0) is 14.4 Å². The van der Waals surface area contributed by atoms with Crippen LogP contribution < -0.4 is 16.1 Å². The third-order valence-corrected chi connectivity index (χ3v) is 6.33. The second-order valence-electron chi connectivity index (χ2n) is 9.29. The Bertz CT molecular complexity index is 901. The van der Waals surface area contributed by atoms with Crippen LogP contribution in [0.3, 0.4) is 0 Å². The molecule has 0 fully saturated rings. The lowest BCUT2D eigenvalue weighted by molar-refractivity contribution is -0.485. The molecule has 2 bridgehead atoms. The van der Waals surface area contributed by atoms with Crippen LogP contribution in [0.25, 0.3) is 0 Å². The number of aliphatic hydroxyl groups is 1. The van der Waals surface area contributed by atoms with Gasteiger partial charge in [-0.25, -0.2) is 5.48 Å². The quantitative estimate of drug-likeness (QED) is 0.250. The second kappa shape index (κ2) is 11.4. The SMILES string of the molecule is CC(C)C[C@@H](C(=O)NC1CCCCNC(=O)CCC2C=[N+]1c1ccccc12)[C@H](O)C(=O)NO. The molecule has 0 spiro atoms. The smallest absolute Gasteiger partial charge is 0.272 e. The third kappa shape index (κ3) is 6.17. The molecular formula is C24H35N4O5+. The third-order valence-electron chi connectivity index (χ3n) is 6.33. The van der Waals surface area contributed by atoms with E-state index in [2.05, 4.69) is 21.4 Å². The monoisotopic (exact) mass is 459 g/mol. The fourth-order valence-electron chi connectivity index (χ4n) is 4.65. The number of benzene rings is 1. The van der Waals surface area contributed by atoms with E-state index < -0.39 is 23.8 Å². The fraction of sp³-hybridized carbons (Fsp3) is 0.583. The molecule has 3 amide bonds. The highest BCUT2D eigenvalue weighted by atomic mass is 16.5. The first-order valence-electron chi connectivity index (χ1n) is 11.7. The number of hydrogen-bond acceptors (Lipinski definition) is 5. The van der Waals surface area contributed by atoms with E-state index in [1.54, 1.807) is 0 Å². The first kappa shape index (κ1) is 24.9. The minimum absolute atomic E-state index is 0.0532. The van der Waals surface area contributed by atoms with Gasteiger partial charge in [-0.05, 0) is 31.6 Å². The molecule has 33 heavy (non-hydrogen) atoms. The molecule has 9 heteroatoms. The number of hydrogen-bond donors (Lipinski definition) is 5. The Morgan fingerprint density at radius 2 is 1.94 bits per heavy atom. The minimum atomic E-state index is -1.65. The van der Waals surface area contributed by atoms with Crippen molar-refractivity contribution < 1.29 is 29.3 Å². The lowest BCUT2D eigenvalue weighted by Gasteiger charge is -2.24. The van der Waals surface area contributed by atoms with Crippen molar-refractivity contribution in [3.05, 3.63) is 29.8 Å². The lowest BCUT2D eigenvalue weighted by Crippen LogP contribution is -2.50. The van der Waals surface area contributed by atoms with E-state index >= 15 is 0 Å². The zero-order chi connectivity index (χ0) is 24.0. The molecule has 1 aromatic carbocycles. The van der Waals surface area contributed by atoms with Gasteiger partial charge in [0.25, 0.3) is 5.91 Å². The van der Waals surface area contributed by atoms with Crippen molar-refractivity contribution in [2.75, 3.05) is 6.54 Å². The average Bonchev–Trinajstić information content (AvgIpc) is 3.17. The molecule has 9 nitrogen and oxygen atoms in total. The van der Waals surface area contributed by atoms with Crippen molar-refractivity contribution in [3.8, 4) is 0 Å². The summed E-state index contributed by atoms with van der Waals surface area (Å²) in [4.78, 5) is 37.3. The van der Waals surface area contributed by atoms with Crippen LogP contribution in [0.1, 0.15) is 63.9 Å². The molecule has 0 saturated heterocycles. The summed E-state index contributed by atoms with van der Waals surface area (Å²) >= 11 is 0. The predicted octanol–water partition coefficient (Wildman–Crippen LogP) is 1.55. The zero-order valence-corrected chi connectivity index (χ0v) is 19.3. The molecule has 5 N–H and O–H groups in total. The molecule has 2 aliphatic heterocycles. The number of para-hydroxylation sites is 1. The van der Waals surface area contributed by atoms with E-state index in [-0.39, 0.29) is 23.9 Å². The predicted molar refractivity (Wildman–Crippen MR) is 122 cm³/mol. The van der Waals surface area contributed by atoms with E-state index in [9.17, 15) is 19.5 Å². The number of carbonyl (C=O) groups excluding carboxylic acids is 3. The summed E-state index contributed by atoms with van der Waals surface area (Å²) in [7, 11) is 0. The molecule has 2 aliphatic rings. The van der Waals surface area contributed by atoms with Crippen molar-refractivity contribution >= 4 is 29.6 Å². The maximum absolute atomic E-state index is 13.3. The summed E-state index contributed by atoms with van der Waals surface area (Å²) in [6, 6.07) is 7.97. The highest BCUT2D eigenvalue weighted by Gasteiger charge is 2.39. The van der Waals surface area contributed by atoms with Gasteiger partial charge in [-0.2, -0.15) is 4.58 Å². The maximum atomic E-state index is 13.3. The number of nitrogens with one attached hydrogen (secondary N) is 3. The molecule has 0 aromatic heterocycles. The van der Waals surface area contributed by atoms with Crippen molar-refractivity contribution in [2.24, 2.45) is 11.8 Å². The highest BCUT2D eigenvalue weighted by molar-refractivity contribution is 5.88. The van der Waals surface area contributed by atoms with E-state index in [1.165, 1.54) is 5.48 Å². The van der Waals surface area contributed by atoms with Crippen LogP contribution in [0.2, 0.25) is 0 Å². The summed E-state index contributed by atoms with van der Waals surface area (Å²) in [5.74, 6) is -2.25. The number of carbonyl (C=O) groups is 3. The summed E-state index contributed by atoms with van der Waals surface area (Å²) in [5.41, 5.74) is 3.55. The maximum Gasteiger partial charge on any atom is 0.272 e. The number of aliphatic hydroxyl groups excluding tert-OH is 1. The van der Waals surface area contributed by atoms with E-state index in [0.717, 1.165) is 24.1 Å². The van der Waals surface area contributed by atoms with Crippen molar-refractivity contribution in [1.29, 1.82) is 0 Å². The first-order chi connectivity index (χ1) is 15.8. The van der Waals surface area contributed by atoms with Crippen LogP contribution in [0.5, 0.6) is 0 Å². The zero-order valence-electron chi connectivity index (χ0n) is 19.3. The van der Waals surface area contributed by atoms with Crippen LogP contribution in [0.4, 0.5) is 5.69 Å². The van der Waals surface area contributed by atoms with Crippen LogP contribution >= 0.6 is 0 Å². The second-order valence-corrected chi connectivity index (χ2v) is 9.29. The van der Waals surface area contributed by atoms with Gasteiger partial charge < -0.3 is 10.4 Å². The van der Waals surface area contributed by atoms with Crippen molar-refractivity contribution in [3.63, 3.8) is 0 Å². The Labute approximate surface area is 194 Å². The van der Waals surface area contributed by atoms with E-state index in [0.29, 0.717) is 32.2 Å². The molecule has 0 saturated carbocycles. The summed E-state index contributed by atoms with van der Waals surface area (Å²) in [6.45, 7) is 4.40. The molecule has 3 rings (SSSR count). The largest absolute Gasteiger partial charge is 0.382 e. The number of nitrogens with zero attached hydrogens (tertiary/aromatic N) is 1. The van der Waals surface area contributed by atoms with E-state index in [4.69, 9.17) is 5.21 Å². The molecule has 180 valence electrons. The number of amides is 3. The Balaban J connectivity index is 1.89. The fourth-order valence-corrected chi connectivity index (χ4v) is 4.65. The lowest BCUT2D eigenvalue weighted by atomic mass is 9.90. The van der Waals surface area contributed by atoms with Crippen LogP contribution in [0, 0.1) is 11.8 Å². The van der Waals surface area contributed by atoms with Crippen molar-refractivity contribution in [1.82, 2.24) is 16.1 Å². The summed E-state index contributed by atoms with van der Waals surface area (Å²) in [5, 5.41) is 25.4. The van der Waals surface area contributed by atoms with Gasteiger partial charge in [-0.3, -0.25) is 24.9 Å². The molecule has 0 radical (unpaired) electrons. The van der Waals surface area contributed by atoms with E-state index in [1.807, 2.05) is 38.1 Å². The summed E-state index contributed by atoms with van der Waals surface area (Å²) < 4.78 is 2.06. The van der Waals surface area contributed by atoms with Gasteiger partial charge in [-0.15, -0.1) is 0 Å². The number of rotatable bonds is 6. The van der Waals surface area contributed by atoms with Gasteiger partial charge in [0.1, 0.15) is 6.10 Å². The Morgan fingerprint density at radius 1 is 1.18 bits per heavy atom. The first-order valence-corrected chi connectivity index (χ1v) is 11.7. The van der Waals surface area contributed by atoms with Gasteiger partial charge in [0.05, 0.1) is 11.8 Å². The van der Waals surface area contributed by atoms with Gasteiger partial charge >= 0.3 is 0 Å². The number of hydroxylamine groups is 1. The van der Waals surface area contributed by atoms with Crippen molar-refractivity contribution in [2.45, 2.75) is 70.6 Å². The van der Waals surface area contributed by atoms with Gasteiger partial charge in [-0.1, -0.05) is 32.0 Å². The molecular weight excluding hydrogens is 424 g/mol. The molecule has 2 unspecified atom stereocenters.